The molecule has 0 aliphatic carbocycles. The van der Waals surface area contributed by atoms with E-state index in [1.54, 1.807) is 30.3 Å². The molecule has 0 bridgehead atoms. The Kier molecular flexibility index (Phi) is 5.19. The molecule has 0 amide bonds. The lowest BCUT2D eigenvalue weighted by molar-refractivity contribution is 0.425. The van der Waals surface area contributed by atoms with E-state index in [4.69, 9.17) is 23.2 Å². The Balaban J connectivity index is 2.17. The number of halogens is 2. The van der Waals surface area contributed by atoms with Crippen molar-refractivity contribution in [3.05, 3.63) is 58.1 Å². The number of hydrogen-bond donors (Lipinski definition) is 2. The molecule has 0 aliphatic heterocycles. The average molecular weight is 313 g/mol. The SMILES string of the molecule is OB(O)c1ccccc1CSc1cc(Cl)ccc1Cl. The first-order valence-electron chi connectivity index (χ1n) is 5.59. The van der Waals surface area contributed by atoms with Crippen molar-refractivity contribution in [2.45, 2.75) is 10.6 Å². The van der Waals surface area contributed by atoms with Crippen LogP contribution in [0.2, 0.25) is 10.0 Å². The first-order chi connectivity index (χ1) is 9.08. The van der Waals surface area contributed by atoms with Gasteiger partial charge in [0.25, 0.3) is 0 Å². The van der Waals surface area contributed by atoms with Crippen molar-refractivity contribution in [2.24, 2.45) is 0 Å². The van der Waals surface area contributed by atoms with E-state index in [2.05, 4.69) is 0 Å². The van der Waals surface area contributed by atoms with Crippen LogP contribution in [0.15, 0.2) is 47.4 Å². The molecule has 0 saturated carbocycles. The minimum Gasteiger partial charge on any atom is -0.423 e. The highest BCUT2D eigenvalue weighted by atomic mass is 35.5. The summed E-state index contributed by atoms with van der Waals surface area (Å²) in [4.78, 5) is 0.872. The Morgan fingerprint density at radius 3 is 2.53 bits per heavy atom. The van der Waals surface area contributed by atoms with Crippen LogP contribution in [0.25, 0.3) is 0 Å². The van der Waals surface area contributed by atoms with Crippen molar-refractivity contribution < 1.29 is 10.0 Å². The van der Waals surface area contributed by atoms with E-state index in [9.17, 15) is 10.0 Å². The van der Waals surface area contributed by atoms with Gasteiger partial charge in [0, 0.05) is 15.7 Å². The van der Waals surface area contributed by atoms with Crippen LogP contribution in [0.5, 0.6) is 0 Å². The topological polar surface area (TPSA) is 40.5 Å². The molecule has 0 fully saturated rings. The second-order valence-corrected chi connectivity index (χ2v) is 5.80. The first-order valence-corrected chi connectivity index (χ1v) is 7.34. The lowest BCUT2D eigenvalue weighted by Gasteiger charge is -2.09. The Bertz CT molecular complexity index is 578. The van der Waals surface area contributed by atoms with E-state index in [1.807, 2.05) is 12.1 Å². The fourth-order valence-corrected chi connectivity index (χ4v) is 3.17. The average Bonchev–Trinajstić information content (AvgIpc) is 2.40. The van der Waals surface area contributed by atoms with E-state index < -0.39 is 7.12 Å². The molecule has 0 heterocycles. The molecule has 0 saturated heterocycles. The van der Waals surface area contributed by atoms with Gasteiger partial charge in [-0.2, -0.15) is 0 Å². The van der Waals surface area contributed by atoms with Gasteiger partial charge in [0.1, 0.15) is 0 Å². The Labute approximate surface area is 126 Å². The van der Waals surface area contributed by atoms with E-state index >= 15 is 0 Å². The van der Waals surface area contributed by atoms with Gasteiger partial charge in [-0.3, -0.25) is 0 Å². The second-order valence-electron chi connectivity index (χ2n) is 3.94. The highest BCUT2D eigenvalue weighted by Gasteiger charge is 2.15. The van der Waals surface area contributed by atoms with E-state index in [0.717, 1.165) is 10.5 Å². The van der Waals surface area contributed by atoms with Crippen LogP contribution in [0.4, 0.5) is 0 Å². The van der Waals surface area contributed by atoms with E-state index in [0.29, 0.717) is 21.3 Å². The number of rotatable bonds is 4. The lowest BCUT2D eigenvalue weighted by Crippen LogP contribution is -2.32. The van der Waals surface area contributed by atoms with Gasteiger partial charge in [0.05, 0.1) is 5.02 Å². The van der Waals surface area contributed by atoms with Crippen LogP contribution in [0, 0.1) is 0 Å². The molecule has 0 radical (unpaired) electrons. The molecule has 0 unspecified atom stereocenters. The Hall–Kier alpha value is -0.645. The molecule has 19 heavy (non-hydrogen) atoms. The van der Waals surface area contributed by atoms with Crippen molar-refractivity contribution >= 4 is 47.5 Å². The van der Waals surface area contributed by atoms with Gasteiger partial charge in [-0.05, 0) is 29.2 Å². The van der Waals surface area contributed by atoms with Crippen LogP contribution in [0.1, 0.15) is 5.56 Å². The third kappa shape index (κ3) is 3.91. The number of benzene rings is 2. The highest BCUT2D eigenvalue weighted by molar-refractivity contribution is 7.98. The summed E-state index contributed by atoms with van der Waals surface area (Å²) >= 11 is 13.5. The standard InChI is InChI=1S/C13H11BCl2O2S/c15-10-5-6-12(16)13(7-10)19-8-9-3-1-2-4-11(9)14(17)18/h1-7,17-18H,8H2. The molecule has 2 aromatic carbocycles. The maximum Gasteiger partial charge on any atom is 0.488 e. The summed E-state index contributed by atoms with van der Waals surface area (Å²) in [6, 6.07) is 12.5. The van der Waals surface area contributed by atoms with Crippen LogP contribution in [-0.2, 0) is 5.75 Å². The molecule has 0 atom stereocenters. The van der Waals surface area contributed by atoms with Gasteiger partial charge in [0.2, 0.25) is 0 Å². The zero-order valence-corrected chi connectivity index (χ0v) is 12.2. The van der Waals surface area contributed by atoms with Gasteiger partial charge in [-0.25, -0.2) is 0 Å². The van der Waals surface area contributed by atoms with Crippen molar-refractivity contribution in [1.29, 1.82) is 0 Å². The zero-order chi connectivity index (χ0) is 13.8. The van der Waals surface area contributed by atoms with Gasteiger partial charge in [-0.15, -0.1) is 11.8 Å². The molecule has 0 aliphatic rings. The molecule has 6 heteroatoms. The number of hydrogen-bond acceptors (Lipinski definition) is 3. The van der Waals surface area contributed by atoms with Gasteiger partial charge >= 0.3 is 7.12 Å². The minimum atomic E-state index is -1.47. The van der Waals surface area contributed by atoms with Crippen LogP contribution in [0.3, 0.4) is 0 Å². The molecule has 2 aromatic rings. The van der Waals surface area contributed by atoms with E-state index in [-0.39, 0.29) is 0 Å². The predicted molar refractivity (Wildman–Crippen MR) is 82.3 cm³/mol. The molecule has 0 aromatic heterocycles. The monoisotopic (exact) mass is 312 g/mol. The Morgan fingerprint density at radius 1 is 1.05 bits per heavy atom. The molecule has 2 rings (SSSR count). The molecular formula is C13H11BCl2O2S. The summed E-state index contributed by atoms with van der Waals surface area (Å²) in [7, 11) is -1.47. The lowest BCUT2D eigenvalue weighted by atomic mass is 9.77. The summed E-state index contributed by atoms with van der Waals surface area (Å²) < 4.78 is 0. The minimum absolute atomic E-state index is 0.508. The highest BCUT2D eigenvalue weighted by Crippen LogP contribution is 2.31. The summed E-state index contributed by atoms with van der Waals surface area (Å²) in [5.74, 6) is 0.591. The van der Waals surface area contributed by atoms with Gasteiger partial charge in [-0.1, -0.05) is 47.5 Å². The van der Waals surface area contributed by atoms with Crippen LogP contribution >= 0.6 is 35.0 Å². The molecular weight excluding hydrogens is 302 g/mol. The quantitative estimate of drug-likeness (QED) is 0.673. The summed E-state index contributed by atoms with van der Waals surface area (Å²) in [6.07, 6.45) is 0. The summed E-state index contributed by atoms with van der Waals surface area (Å²) in [5, 5.41) is 19.9. The zero-order valence-electron chi connectivity index (χ0n) is 9.88. The van der Waals surface area contributed by atoms with Crippen molar-refractivity contribution in [3.63, 3.8) is 0 Å². The third-order valence-electron chi connectivity index (χ3n) is 2.61. The van der Waals surface area contributed by atoms with Crippen molar-refractivity contribution in [2.75, 3.05) is 0 Å². The maximum absolute atomic E-state index is 9.30. The fourth-order valence-electron chi connectivity index (χ4n) is 1.66. The normalized spacial score (nSPS) is 10.5. The fraction of sp³-hybridized carbons (Fsp3) is 0.0769. The number of thioether (sulfide) groups is 1. The first kappa shape index (κ1) is 14.8. The molecule has 0 spiro atoms. The molecule has 98 valence electrons. The van der Waals surface area contributed by atoms with Gasteiger partial charge in [0.15, 0.2) is 0 Å². The molecule has 2 N–H and O–H groups in total. The molecule has 2 nitrogen and oxygen atoms in total. The summed E-state index contributed by atoms with van der Waals surface area (Å²) in [5.41, 5.74) is 1.37. The van der Waals surface area contributed by atoms with Crippen LogP contribution in [-0.4, -0.2) is 17.2 Å². The van der Waals surface area contributed by atoms with Gasteiger partial charge < -0.3 is 10.0 Å². The maximum atomic E-state index is 9.30. The van der Waals surface area contributed by atoms with E-state index in [1.165, 1.54) is 11.8 Å². The smallest absolute Gasteiger partial charge is 0.423 e. The van der Waals surface area contributed by atoms with Crippen molar-refractivity contribution in [1.82, 2.24) is 0 Å². The Morgan fingerprint density at radius 2 is 1.79 bits per heavy atom. The largest absolute Gasteiger partial charge is 0.488 e. The third-order valence-corrected chi connectivity index (χ3v) is 4.39. The predicted octanol–water partition coefficient (Wildman–Crippen LogP) is 2.97. The van der Waals surface area contributed by atoms with Crippen molar-refractivity contribution in [3.8, 4) is 0 Å². The summed E-state index contributed by atoms with van der Waals surface area (Å²) in [6.45, 7) is 0. The second kappa shape index (κ2) is 6.68. The van der Waals surface area contributed by atoms with Crippen LogP contribution < -0.4 is 5.46 Å².